The Hall–Kier alpha value is -0.600. The Balaban J connectivity index is 1.93. The molecule has 3 atom stereocenters. The third-order valence-corrected chi connectivity index (χ3v) is 3.64. The van der Waals surface area contributed by atoms with Crippen molar-refractivity contribution >= 4 is 0 Å². The summed E-state index contributed by atoms with van der Waals surface area (Å²) >= 11 is 0. The van der Waals surface area contributed by atoms with Crippen LogP contribution in [-0.4, -0.2) is 22.9 Å². The second kappa shape index (κ2) is 9.35. The molecule has 1 rings (SSSR count). The van der Waals surface area contributed by atoms with Gasteiger partial charge in [-0.15, -0.1) is 0 Å². The molecule has 0 amide bonds. The van der Waals surface area contributed by atoms with Gasteiger partial charge in [0.2, 0.25) is 0 Å². The van der Waals surface area contributed by atoms with Crippen LogP contribution in [0.15, 0.2) is 24.3 Å². The van der Waals surface area contributed by atoms with E-state index in [1.165, 1.54) is 32.1 Å². The zero-order valence-electron chi connectivity index (χ0n) is 11.6. The van der Waals surface area contributed by atoms with Crippen molar-refractivity contribution in [3.63, 3.8) is 0 Å². The summed E-state index contributed by atoms with van der Waals surface area (Å²) in [5.74, 6) is 1.91. The molecule has 0 aromatic rings. The maximum Gasteiger partial charge on any atom is 0.0695 e. The molecular formula is C16H28O2. The summed E-state index contributed by atoms with van der Waals surface area (Å²) < 4.78 is 0. The predicted octanol–water partition coefficient (Wildman–Crippen LogP) is 3.45. The Kier molecular flexibility index (Phi) is 8.03. The van der Waals surface area contributed by atoms with E-state index in [2.05, 4.69) is 6.08 Å². The van der Waals surface area contributed by atoms with Crippen LogP contribution in [0.3, 0.4) is 0 Å². The Labute approximate surface area is 111 Å². The first-order valence-corrected chi connectivity index (χ1v) is 7.36. The molecule has 0 saturated heterocycles. The lowest BCUT2D eigenvalue weighted by molar-refractivity contribution is 0.244. The van der Waals surface area contributed by atoms with Crippen LogP contribution in [-0.2, 0) is 0 Å². The average molecular weight is 252 g/mol. The number of aliphatic hydroxyl groups excluding tert-OH is 2. The predicted molar refractivity (Wildman–Crippen MR) is 76.3 cm³/mol. The lowest BCUT2D eigenvalue weighted by Crippen LogP contribution is -1.90. The molecule has 1 saturated carbocycles. The normalized spacial score (nSPS) is 25.1. The van der Waals surface area contributed by atoms with Gasteiger partial charge in [-0.2, -0.15) is 0 Å². The van der Waals surface area contributed by atoms with E-state index in [1.54, 1.807) is 13.0 Å². The highest BCUT2D eigenvalue weighted by atomic mass is 16.3. The lowest BCUT2D eigenvalue weighted by Gasteiger charge is -1.99. The average Bonchev–Trinajstić information content (AvgIpc) is 3.07. The summed E-state index contributed by atoms with van der Waals surface area (Å²) in [7, 11) is 0. The zero-order valence-corrected chi connectivity index (χ0v) is 11.6. The van der Waals surface area contributed by atoms with Crippen molar-refractivity contribution in [2.24, 2.45) is 11.8 Å². The number of allylic oxidation sites excluding steroid dienone is 3. The molecule has 0 spiro atoms. The van der Waals surface area contributed by atoms with Crippen molar-refractivity contribution in [3.8, 4) is 0 Å². The molecule has 2 heteroatoms. The SMILES string of the molecule is CC(O)/C=C/C=C\CC[C@H]1C[C@H]1CCCCCO. The summed E-state index contributed by atoms with van der Waals surface area (Å²) in [4.78, 5) is 0. The topological polar surface area (TPSA) is 40.5 Å². The molecule has 1 aliphatic carbocycles. The number of aliphatic hydroxyl groups is 2. The minimum atomic E-state index is -0.346. The molecule has 1 fully saturated rings. The van der Waals surface area contributed by atoms with Gasteiger partial charge >= 0.3 is 0 Å². The summed E-state index contributed by atoms with van der Waals surface area (Å²) in [5, 5.41) is 17.7. The molecule has 0 aromatic heterocycles. The number of hydrogen-bond donors (Lipinski definition) is 2. The van der Waals surface area contributed by atoms with Gasteiger partial charge in [0, 0.05) is 6.61 Å². The van der Waals surface area contributed by atoms with E-state index in [0.717, 1.165) is 24.7 Å². The molecule has 18 heavy (non-hydrogen) atoms. The molecule has 0 aromatic carbocycles. The van der Waals surface area contributed by atoms with Gasteiger partial charge in [-0.3, -0.25) is 0 Å². The number of unbranched alkanes of at least 4 members (excludes halogenated alkanes) is 2. The van der Waals surface area contributed by atoms with E-state index in [-0.39, 0.29) is 6.10 Å². The highest BCUT2D eigenvalue weighted by Gasteiger charge is 2.34. The molecular weight excluding hydrogens is 224 g/mol. The van der Waals surface area contributed by atoms with Crippen molar-refractivity contribution in [2.75, 3.05) is 6.61 Å². The van der Waals surface area contributed by atoms with Crippen LogP contribution in [0.1, 0.15) is 51.9 Å². The second-order valence-corrected chi connectivity index (χ2v) is 5.46. The van der Waals surface area contributed by atoms with Crippen molar-refractivity contribution in [3.05, 3.63) is 24.3 Å². The van der Waals surface area contributed by atoms with Crippen LogP contribution < -0.4 is 0 Å². The maximum absolute atomic E-state index is 9.03. The van der Waals surface area contributed by atoms with Crippen molar-refractivity contribution in [2.45, 2.75) is 58.0 Å². The fourth-order valence-corrected chi connectivity index (χ4v) is 2.42. The van der Waals surface area contributed by atoms with Gasteiger partial charge in [-0.05, 0) is 44.4 Å². The molecule has 0 radical (unpaired) electrons. The van der Waals surface area contributed by atoms with Gasteiger partial charge in [-0.1, -0.05) is 43.6 Å². The van der Waals surface area contributed by atoms with Gasteiger partial charge in [0.25, 0.3) is 0 Å². The van der Waals surface area contributed by atoms with Gasteiger partial charge in [0.05, 0.1) is 6.10 Å². The fourth-order valence-electron chi connectivity index (χ4n) is 2.42. The van der Waals surface area contributed by atoms with E-state index in [1.807, 2.05) is 12.2 Å². The Morgan fingerprint density at radius 3 is 2.61 bits per heavy atom. The molecule has 1 aliphatic rings. The van der Waals surface area contributed by atoms with Crippen molar-refractivity contribution < 1.29 is 10.2 Å². The zero-order chi connectivity index (χ0) is 13.2. The second-order valence-electron chi connectivity index (χ2n) is 5.46. The molecule has 104 valence electrons. The van der Waals surface area contributed by atoms with Gasteiger partial charge < -0.3 is 10.2 Å². The van der Waals surface area contributed by atoms with E-state index >= 15 is 0 Å². The summed E-state index contributed by atoms with van der Waals surface area (Å²) in [6.07, 6.45) is 16.3. The largest absolute Gasteiger partial charge is 0.396 e. The standard InChI is InChI=1S/C16H28O2/c1-14(18)9-5-2-3-6-10-15-13-16(15)11-7-4-8-12-17/h2-3,5,9,14-18H,4,6-8,10-13H2,1H3/b3-2-,9-5+/t14?,15-,16+/m0/s1. The first-order valence-electron chi connectivity index (χ1n) is 7.36. The lowest BCUT2D eigenvalue weighted by atomic mass is 10.1. The molecule has 2 N–H and O–H groups in total. The van der Waals surface area contributed by atoms with E-state index < -0.39 is 0 Å². The third-order valence-electron chi connectivity index (χ3n) is 3.64. The molecule has 0 aliphatic heterocycles. The smallest absolute Gasteiger partial charge is 0.0695 e. The Morgan fingerprint density at radius 2 is 1.89 bits per heavy atom. The highest BCUT2D eigenvalue weighted by molar-refractivity contribution is 5.04. The minimum Gasteiger partial charge on any atom is -0.396 e. The van der Waals surface area contributed by atoms with Crippen molar-refractivity contribution in [1.82, 2.24) is 0 Å². The van der Waals surface area contributed by atoms with E-state index in [9.17, 15) is 0 Å². The van der Waals surface area contributed by atoms with E-state index in [4.69, 9.17) is 10.2 Å². The van der Waals surface area contributed by atoms with Gasteiger partial charge in [0.1, 0.15) is 0 Å². The molecule has 2 nitrogen and oxygen atoms in total. The van der Waals surface area contributed by atoms with Crippen LogP contribution in [0, 0.1) is 11.8 Å². The van der Waals surface area contributed by atoms with Crippen molar-refractivity contribution in [1.29, 1.82) is 0 Å². The minimum absolute atomic E-state index is 0.346. The number of hydrogen-bond acceptors (Lipinski definition) is 2. The maximum atomic E-state index is 9.03. The Morgan fingerprint density at radius 1 is 1.11 bits per heavy atom. The van der Waals surface area contributed by atoms with Crippen LogP contribution in [0.5, 0.6) is 0 Å². The number of rotatable bonds is 10. The molecule has 0 heterocycles. The van der Waals surface area contributed by atoms with Crippen LogP contribution >= 0.6 is 0 Å². The summed E-state index contributed by atoms with van der Waals surface area (Å²) in [6.45, 7) is 2.11. The fraction of sp³-hybridized carbons (Fsp3) is 0.750. The monoisotopic (exact) mass is 252 g/mol. The summed E-state index contributed by atoms with van der Waals surface area (Å²) in [6, 6.07) is 0. The first-order chi connectivity index (χ1) is 8.74. The van der Waals surface area contributed by atoms with Gasteiger partial charge in [-0.25, -0.2) is 0 Å². The Bertz CT molecular complexity index is 256. The molecule has 1 unspecified atom stereocenters. The van der Waals surface area contributed by atoms with E-state index in [0.29, 0.717) is 6.61 Å². The summed E-state index contributed by atoms with van der Waals surface area (Å²) in [5.41, 5.74) is 0. The van der Waals surface area contributed by atoms with Crippen LogP contribution in [0.25, 0.3) is 0 Å². The highest BCUT2D eigenvalue weighted by Crippen LogP contribution is 2.45. The van der Waals surface area contributed by atoms with Crippen LogP contribution in [0.4, 0.5) is 0 Å². The third kappa shape index (κ3) is 7.67. The first kappa shape index (κ1) is 15.5. The van der Waals surface area contributed by atoms with Crippen LogP contribution in [0.2, 0.25) is 0 Å². The van der Waals surface area contributed by atoms with Gasteiger partial charge in [0.15, 0.2) is 0 Å². The molecule has 0 bridgehead atoms. The quantitative estimate of drug-likeness (QED) is 0.462.